The summed E-state index contributed by atoms with van der Waals surface area (Å²) in [5.41, 5.74) is 0.792. The molecule has 3 aromatic rings. The smallest absolute Gasteiger partial charge is 0.332 e. The number of urea groups is 1. The lowest BCUT2D eigenvalue weighted by atomic mass is 9.80. The molecule has 4 N–H and O–H groups in total. The van der Waals surface area contributed by atoms with E-state index in [4.69, 9.17) is 9.20 Å². The number of amides is 2. The van der Waals surface area contributed by atoms with Crippen LogP contribution < -0.4 is 10.0 Å². The highest BCUT2D eigenvalue weighted by molar-refractivity contribution is 7.91. The van der Waals surface area contributed by atoms with Crippen molar-refractivity contribution >= 4 is 21.6 Å². The highest BCUT2D eigenvalue weighted by Crippen LogP contribution is 2.37. The summed E-state index contributed by atoms with van der Waals surface area (Å²) >= 11 is 0. The third-order valence-electron chi connectivity index (χ3n) is 6.14. The van der Waals surface area contributed by atoms with Gasteiger partial charge in [0.15, 0.2) is 9.92 Å². The van der Waals surface area contributed by atoms with Crippen molar-refractivity contribution < 1.29 is 22.9 Å². The Morgan fingerprint density at radius 1 is 1.36 bits per heavy atom. The lowest BCUT2D eigenvalue weighted by Crippen LogP contribution is -2.34. The Labute approximate surface area is 208 Å². The number of hydrogen-bond acceptors (Lipinski definition) is 7. The van der Waals surface area contributed by atoms with E-state index in [0.29, 0.717) is 40.3 Å². The summed E-state index contributed by atoms with van der Waals surface area (Å²) < 4.78 is 43.1. The van der Waals surface area contributed by atoms with E-state index in [0.717, 1.165) is 19.3 Å². The molecule has 2 heterocycles. The van der Waals surface area contributed by atoms with Gasteiger partial charge in [-0.3, -0.25) is 0 Å². The maximum Gasteiger partial charge on any atom is 0.332 e. The summed E-state index contributed by atoms with van der Waals surface area (Å²) in [6, 6.07) is 7.93. The molecule has 1 aliphatic carbocycles. The Kier molecular flexibility index (Phi) is 6.84. The zero-order valence-electron chi connectivity index (χ0n) is 19.8. The first-order valence-corrected chi connectivity index (χ1v) is 12.9. The SMILES string of the molecule is CC(C)(O)c1coc(S(=N)(=O)NC(=O)Nc2c(CC3CCC3)cc(F)cc2-c2ccnc(C#N)c2)c1. The van der Waals surface area contributed by atoms with E-state index >= 15 is 0 Å². The van der Waals surface area contributed by atoms with Gasteiger partial charge in [-0.1, -0.05) is 19.3 Å². The van der Waals surface area contributed by atoms with Crippen LogP contribution in [0.5, 0.6) is 0 Å². The van der Waals surface area contributed by atoms with Crippen LogP contribution in [0.4, 0.5) is 14.9 Å². The quantitative estimate of drug-likeness (QED) is 0.348. The van der Waals surface area contributed by atoms with Crippen LogP contribution in [0.15, 0.2) is 52.3 Å². The van der Waals surface area contributed by atoms with E-state index in [9.17, 15) is 23.8 Å². The second kappa shape index (κ2) is 9.72. The largest absolute Gasteiger partial charge is 0.452 e. The molecule has 2 aromatic heterocycles. The number of anilines is 1. The van der Waals surface area contributed by atoms with Crippen molar-refractivity contribution in [1.29, 1.82) is 10.0 Å². The highest BCUT2D eigenvalue weighted by atomic mass is 32.2. The Morgan fingerprint density at radius 3 is 2.72 bits per heavy atom. The summed E-state index contributed by atoms with van der Waals surface area (Å²) in [6.07, 6.45) is 6.19. The Balaban J connectivity index is 1.68. The van der Waals surface area contributed by atoms with E-state index in [2.05, 4.69) is 15.0 Å². The number of aromatic nitrogens is 1. The van der Waals surface area contributed by atoms with Crippen molar-refractivity contribution in [3.8, 4) is 17.2 Å². The van der Waals surface area contributed by atoms with Gasteiger partial charge in [0, 0.05) is 23.4 Å². The summed E-state index contributed by atoms with van der Waals surface area (Å²) in [5.74, 6) is -0.154. The average molecular weight is 512 g/mol. The molecular weight excluding hydrogens is 485 g/mol. The molecule has 1 fully saturated rings. The van der Waals surface area contributed by atoms with Gasteiger partial charge in [0.25, 0.3) is 0 Å². The average Bonchev–Trinajstić information content (AvgIpc) is 3.29. The third kappa shape index (κ3) is 5.56. The Morgan fingerprint density at radius 2 is 2.11 bits per heavy atom. The van der Waals surface area contributed by atoms with E-state index < -0.39 is 27.4 Å². The van der Waals surface area contributed by atoms with Gasteiger partial charge in [-0.2, -0.15) is 5.26 Å². The van der Waals surface area contributed by atoms with E-state index in [1.165, 1.54) is 50.6 Å². The first-order chi connectivity index (χ1) is 17.0. The van der Waals surface area contributed by atoms with Gasteiger partial charge in [-0.25, -0.2) is 27.9 Å². The fourth-order valence-corrected chi connectivity index (χ4v) is 4.86. The number of hydrogen-bond donors (Lipinski definition) is 4. The summed E-state index contributed by atoms with van der Waals surface area (Å²) in [5, 5.41) is 21.7. The Hall–Kier alpha value is -3.75. The van der Waals surface area contributed by atoms with Gasteiger partial charge in [0.2, 0.25) is 5.09 Å². The number of carbonyl (C=O) groups is 1. The number of nitrogens with zero attached hydrogens (tertiary/aromatic N) is 2. The van der Waals surface area contributed by atoms with Gasteiger partial charge in [-0.05, 0) is 61.6 Å². The molecule has 1 aliphatic rings. The van der Waals surface area contributed by atoms with Crippen molar-refractivity contribution in [3.05, 3.63) is 65.4 Å². The predicted octanol–water partition coefficient (Wildman–Crippen LogP) is 5.06. The molecule has 0 saturated heterocycles. The highest BCUT2D eigenvalue weighted by Gasteiger charge is 2.26. The number of furan rings is 1. The number of benzene rings is 1. The maximum atomic E-state index is 14.7. The maximum absolute atomic E-state index is 14.7. The van der Waals surface area contributed by atoms with Crippen LogP contribution in [0.3, 0.4) is 0 Å². The zero-order valence-corrected chi connectivity index (χ0v) is 20.6. The fourth-order valence-electron chi connectivity index (χ4n) is 3.97. The number of carbonyl (C=O) groups excluding carboxylic acids is 1. The van der Waals surface area contributed by atoms with Crippen LogP contribution in [-0.4, -0.2) is 20.3 Å². The minimum absolute atomic E-state index is 0.127. The van der Waals surface area contributed by atoms with Crippen LogP contribution in [0.1, 0.15) is 49.9 Å². The van der Waals surface area contributed by atoms with Crippen molar-refractivity contribution in [2.75, 3.05) is 5.32 Å². The second-order valence-electron chi connectivity index (χ2n) is 9.36. The number of pyridine rings is 1. The van der Waals surface area contributed by atoms with Crippen LogP contribution in [0.25, 0.3) is 11.1 Å². The van der Waals surface area contributed by atoms with E-state index in [1.54, 1.807) is 6.07 Å². The molecular formula is C25H26FN5O4S. The molecule has 11 heteroatoms. The summed E-state index contributed by atoms with van der Waals surface area (Å²) in [4.78, 5) is 16.9. The topological polar surface area (TPSA) is 152 Å². The first kappa shape index (κ1) is 25.3. The van der Waals surface area contributed by atoms with Gasteiger partial charge >= 0.3 is 6.03 Å². The molecule has 1 unspecified atom stereocenters. The molecule has 0 spiro atoms. The molecule has 4 rings (SSSR count). The minimum atomic E-state index is -3.91. The standard InChI is InChI=1S/C25H26FN5O4S/c1-25(2,33)18-11-22(35-14-18)36(28,34)31-24(32)30-23-17(8-15-4-3-5-15)9-19(26)12-21(23)16-6-7-29-20(10-16)13-27/h6-7,9-12,14-15,33H,3-5,8H2,1-2H3,(H3,28,30,31,32,34). The summed E-state index contributed by atoms with van der Waals surface area (Å²) in [6.45, 7) is 3.01. The molecule has 0 aliphatic heterocycles. The third-order valence-corrected chi connectivity index (χ3v) is 7.40. The number of halogens is 1. The number of nitriles is 1. The first-order valence-electron chi connectivity index (χ1n) is 11.3. The fraction of sp³-hybridized carbons (Fsp3) is 0.320. The number of nitrogens with one attached hydrogen (secondary N) is 3. The van der Waals surface area contributed by atoms with Crippen molar-refractivity contribution in [2.24, 2.45) is 5.92 Å². The van der Waals surface area contributed by atoms with Gasteiger partial charge in [0.05, 0.1) is 17.6 Å². The minimum Gasteiger partial charge on any atom is -0.452 e. The normalized spacial score (nSPS) is 15.4. The second-order valence-corrected chi connectivity index (χ2v) is 11.1. The molecule has 0 radical (unpaired) electrons. The van der Waals surface area contributed by atoms with Crippen LogP contribution in [0.2, 0.25) is 0 Å². The van der Waals surface area contributed by atoms with Crippen LogP contribution in [0, 0.1) is 27.8 Å². The molecule has 36 heavy (non-hydrogen) atoms. The molecule has 9 nitrogen and oxygen atoms in total. The number of rotatable bonds is 7. The van der Waals surface area contributed by atoms with E-state index in [-0.39, 0.29) is 10.8 Å². The van der Waals surface area contributed by atoms with Crippen LogP contribution >= 0.6 is 0 Å². The molecule has 1 atom stereocenters. The van der Waals surface area contributed by atoms with Gasteiger partial charge in [-0.15, -0.1) is 0 Å². The van der Waals surface area contributed by atoms with Gasteiger partial charge in [0.1, 0.15) is 17.6 Å². The molecule has 0 bridgehead atoms. The predicted molar refractivity (Wildman–Crippen MR) is 131 cm³/mol. The van der Waals surface area contributed by atoms with Crippen molar-refractivity contribution in [3.63, 3.8) is 0 Å². The molecule has 2 amide bonds. The Bertz CT molecular complexity index is 1450. The molecule has 1 aromatic carbocycles. The molecule has 188 valence electrons. The van der Waals surface area contributed by atoms with Crippen molar-refractivity contribution in [2.45, 2.75) is 50.2 Å². The lowest BCUT2D eigenvalue weighted by Gasteiger charge is -2.27. The van der Waals surface area contributed by atoms with E-state index in [1.807, 2.05) is 6.07 Å². The van der Waals surface area contributed by atoms with Gasteiger partial charge < -0.3 is 14.8 Å². The van der Waals surface area contributed by atoms with Crippen LogP contribution in [-0.2, 0) is 21.9 Å². The zero-order chi connectivity index (χ0) is 26.1. The summed E-state index contributed by atoms with van der Waals surface area (Å²) in [7, 11) is -3.91. The monoisotopic (exact) mass is 511 g/mol. The molecule has 1 saturated carbocycles. The lowest BCUT2D eigenvalue weighted by molar-refractivity contribution is 0.0779. The van der Waals surface area contributed by atoms with Crippen molar-refractivity contribution in [1.82, 2.24) is 9.71 Å². The number of aliphatic hydroxyl groups is 1.